The number of anilines is 1. The summed E-state index contributed by atoms with van der Waals surface area (Å²) in [7, 11) is 0. The van der Waals surface area contributed by atoms with E-state index >= 15 is 0 Å². The normalized spacial score (nSPS) is 20.2. The maximum absolute atomic E-state index is 11.6. The van der Waals surface area contributed by atoms with Crippen molar-refractivity contribution in [1.29, 1.82) is 0 Å². The smallest absolute Gasteiger partial charge is 0.231 e. The summed E-state index contributed by atoms with van der Waals surface area (Å²) < 4.78 is 5.12. The first kappa shape index (κ1) is 10.3. The summed E-state index contributed by atoms with van der Waals surface area (Å²) >= 11 is 5.57. The number of nitrogens with one attached hydrogen (secondary N) is 1. The number of hydrogen-bond donors (Lipinski definition) is 1. The van der Waals surface area contributed by atoms with Crippen LogP contribution in [0.1, 0.15) is 6.42 Å². The Balaban J connectivity index is 1.96. The Kier molecular flexibility index (Phi) is 3.13. The molecule has 0 aromatic carbocycles. The van der Waals surface area contributed by atoms with Gasteiger partial charge in [-0.2, -0.15) is 0 Å². The zero-order chi connectivity index (χ0) is 10.7. The fourth-order valence-electron chi connectivity index (χ4n) is 1.35. The quantitative estimate of drug-likeness (QED) is 0.822. The van der Waals surface area contributed by atoms with Crippen LogP contribution in [0, 0.1) is 5.92 Å². The van der Waals surface area contributed by atoms with Crippen molar-refractivity contribution in [2.24, 2.45) is 5.92 Å². The minimum Gasteiger partial charge on any atom is -0.381 e. The van der Waals surface area contributed by atoms with Gasteiger partial charge in [-0.05, 0) is 18.6 Å². The van der Waals surface area contributed by atoms with E-state index in [0.717, 1.165) is 6.42 Å². The summed E-state index contributed by atoms with van der Waals surface area (Å²) in [6.45, 7) is 1.12. The Morgan fingerprint density at radius 3 is 3.00 bits per heavy atom. The fraction of sp³-hybridized carbons (Fsp3) is 0.444. The molecule has 15 heavy (non-hydrogen) atoms. The predicted octanol–water partition coefficient (Wildman–Crippen LogP) is 1.10. The van der Waals surface area contributed by atoms with Crippen molar-refractivity contribution in [2.75, 3.05) is 18.5 Å². The summed E-state index contributed by atoms with van der Waals surface area (Å²) in [5.74, 6) is 0.253. The van der Waals surface area contributed by atoms with Crippen molar-refractivity contribution in [2.45, 2.75) is 6.42 Å². The third-order valence-corrected chi connectivity index (χ3v) is 2.39. The van der Waals surface area contributed by atoms with Crippen molar-refractivity contribution < 1.29 is 9.53 Å². The Hall–Kier alpha value is -1.20. The van der Waals surface area contributed by atoms with E-state index in [0.29, 0.717) is 24.2 Å². The highest BCUT2D eigenvalue weighted by atomic mass is 35.5. The lowest BCUT2D eigenvalue weighted by atomic mass is 10.1. The molecule has 1 aromatic rings. The molecular weight excluding hydrogens is 218 g/mol. The van der Waals surface area contributed by atoms with E-state index in [1.807, 2.05) is 0 Å². The Morgan fingerprint density at radius 1 is 1.53 bits per heavy atom. The first-order chi connectivity index (χ1) is 7.25. The number of amides is 1. The number of ether oxygens (including phenoxy) is 1. The van der Waals surface area contributed by atoms with E-state index in [-0.39, 0.29) is 11.8 Å². The maximum Gasteiger partial charge on any atom is 0.231 e. The van der Waals surface area contributed by atoms with Crippen molar-refractivity contribution in [3.8, 4) is 0 Å². The van der Waals surface area contributed by atoms with Crippen LogP contribution in [-0.4, -0.2) is 29.3 Å². The molecule has 0 radical (unpaired) electrons. The van der Waals surface area contributed by atoms with Gasteiger partial charge < -0.3 is 10.1 Å². The lowest BCUT2D eigenvalue weighted by Gasteiger charge is -2.07. The van der Waals surface area contributed by atoms with E-state index in [1.165, 1.54) is 0 Å². The molecule has 2 rings (SSSR count). The van der Waals surface area contributed by atoms with Gasteiger partial charge in [0.15, 0.2) is 11.0 Å². The van der Waals surface area contributed by atoms with E-state index in [4.69, 9.17) is 16.3 Å². The lowest BCUT2D eigenvalue weighted by Crippen LogP contribution is -2.23. The largest absolute Gasteiger partial charge is 0.381 e. The highest BCUT2D eigenvalue weighted by molar-refractivity contribution is 6.29. The van der Waals surface area contributed by atoms with Crippen LogP contribution in [0.2, 0.25) is 5.15 Å². The molecule has 1 N–H and O–H groups in total. The van der Waals surface area contributed by atoms with Crippen LogP contribution in [0.3, 0.4) is 0 Å². The number of nitrogens with zero attached hydrogens (tertiary/aromatic N) is 2. The van der Waals surface area contributed by atoms with Crippen LogP contribution in [0.25, 0.3) is 0 Å². The maximum atomic E-state index is 11.6. The summed E-state index contributed by atoms with van der Waals surface area (Å²) in [6, 6.07) is 3.19. The average Bonchev–Trinajstić information content (AvgIpc) is 2.74. The molecular formula is C9H10ClN3O2. The number of carbonyl (C=O) groups excluding carboxylic acids is 1. The molecule has 2 heterocycles. The molecule has 1 aliphatic rings. The molecule has 0 aliphatic carbocycles. The van der Waals surface area contributed by atoms with Crippen molar-refractivity contribution in [1.82, 2.24) is 10.2 Å². The fourth-order valence-corrected chi connectivity index (χ4v) is 1.45. The number of rotatable bonds is 2. The molecule has 80 valence electrons. The number of hydrogen-bond acceptors (Lipinski definition) is 4. The van der Waals surface area contributed by atoms with Gasteiger partial charge in [0.2, 0.25) is 5.91 Å². The van der Waals surface area contributed by atoms with Crippen molar-refractivity contribution in [3.05, 3.63) is 17.3 Å². The molecule has 0 spiro atoms. The monoisotopic (exact) mass is 227 g/mol. The van der Waals surface area contributed by atoms with E-state index in [1.54, 1.807) is 12.1 Å². The van der Waals surface area contributed by atoms with E-state index in [2.05, 4.69) is 15.5 Å². The third kappa shape index (κ3) is 2.64. The Morgan fingerprint density at radius 2 is 2.40 bits per heavy atom. The van der Waals surface area contributed by atoms with Crippen LogP contribution < -0.4 is 5.32 Å². The van der Waals surface area contributed by atoms with Crippen LogP contribution in [0.15, 0.2) is 12.1 Å². The van der Waals surface area contributed by atoms with Crippen LogP contribution in [-0.2, 0) is 9.53 Å². The average molecular weight is 228 g/mol. The minimum atomic E-state index is -0.0810. The SMILES string of the molecule is O=C(Nc1ccc(Cl)nn1)C1CCOC1. The van der Waals surface area contributed by atoms with Gasteiger partial charge in [0, 0.05) is 6.61 Å². The molecule has 1 amide bonds. The topological polar surface area (TPSA) is 64.1 Å². The zero-order valence-corrected chi connectivity index (χ0v) is 8.70. The lowest BCUT2D eigenvalue weighted by molar-refractivity contribution is -0.119. The zero-order valence-electron chi connectivity index (χ0n) is 7.94. The number of aromatic nitrogens is 2. The molecule has 1 fully saturated rings. The number of halogens is 1. The van der Waals surface area contributed by atoms with Crippen molar-refractivity contribution >= 4 is 23.3 Å². The molecule has 1 saturated heterocycles. The predicted molar refractivity (Wildman–Crippen MR) is 54.6 cm³/mol. The highest BCUT2D eigenvalue weighted by Crippen LogP contribution is 2.14. The van der Waals surface area contributed by atoms with E-state index in [9.17, 15) is 4.79 Å². The van der Waals surface area contributed by atoms with Gasteiger partial charge in [-0.3, -0.25) is 4.79 Å². The van der Waals surface area contributed by atoms with E-state index < -0.39 is 0 Å². The standard InChI is InChI=1S/C9H10ClN3O2/c10-7-1-2-8(13-12-7)11-9(14)6-3-4-15-5-6/h1-2,6H,3-5H2,(H,11,13,14). The summed E-state index contributed by atoms with van der Waals surface area (Å²) in [4.78, 5) is 11.6. The summed E-state index contributed by atoms with van der Waals surface area (Å²) in [5.41, 5.74) is 0. The van der Waals surface area contributed by atoms with Crippen LogP contribution in [0.5, 0.6) is 0 Å². The summed E-state index contributed by atoms with van der Waals surface area (Å²) in [6.07, 6.45) is 0.757. The van der Waals surface area contributed by atoms with Gasteiger partial charge in [-0.25, -0.2) is 0 Å². The van der Waals surface area contributed by atoms with Crippen molar-refractivity contribution in [3.63, 3.8) is 0 Å². The molecule has 6 heteroatoms. The third-order valence-electron chi connectivity index (χ3n) is 2.18. The first-order valence-electron chi connectivity index (χ1n) is 4.63. The van der Waals surface area contributed by atoms with Gasteiger partial charge >= 0.3 is 0 Å². The minimum absolute atomic E-state index is 0.0795. The second kappa shape index (κ2) is 4.55. The molecule has 1 aromatic heterocycles. The summed E-state index contributed by atoms with van der Waals surface area (Å²) in [5, 5.41) is 10.3. The van der Waals surface area contributed by atoms with Gasteiger partial charge in [0.25, 0.3) is 0 Å². The van der Waals surface area contributed by atoms with Gasteiger partial charge in [0.1, 0.15) is 0 Å². The van der Waals surface area contributed by atoms with Crippen LogP contribution >= 0.6 is 11.6 Å². The molecule has 1 aliphatic heterocycles. The molecule has 1 unspecified atom stereocenters. The van der Waals surface area contributed by atoms with Crippen LogP contribution in [0.4, 0.5) is 5.82 Å². The van der Waals surface area contributed by atoms with Gasteiger partial charge in [-0.15, -0.1) is 10.2 Å². The Labute approximate surface area is 91.8 Å². The molecule has 5 nitrogen and oxygen atoms in total. The van der Waals surface area contributed by atoms with Gasteiger partial charge in [-0.1, -0.05) is 11.6 Å². The Bertz CT molecular complexity index is 349. The molecule has 0 saturated carbocycles. The highest BCUT2D eigenvalue weighted by Gasteiger charge is 2.23. The second-order valence-electron chi connectivity index (χ2n) is 3.29. The molecule has 0 bridgehead atoms. The second-order valence-corrected chi connectivity index (χ2v) is 3.68. The molecule has 1 atom stereocenters. The van der Waals surface area contributed by atoms with Gasteiger partial charge in [0.05, 0.1) is 12.5 Å². The first-order valence-corrected chi connectivity index (χ1v) is 5.01. The number of carbonyl (C=O) groups is 1.